The first kappa shape index (κ1) is 7.56. The van der Waals surface area contributed by atoms with Gasteiger partial charge in [0.15, 0.2) is 0 Å². The highest BCUT2D eigenvalue weighted by molar-refractivity contribution is 5.05. The molecule has 1 saturated carbocycles. The predicted octanol–water partition coefficient (Wildman–Crippen LogP) is 1.64. The molecule has 1 saturated heterocycles. The molecule has 0 amide bonds. The van der Waals surface area contributed by atoms with Gasteiger partial charge in [-0.2, -0.15) is 0 Å². The Kier molecular flexibility index (Phi) is 1.65. The molecule has 2 aliphatic rings. The van der Waals surface area contributed by atoms with Gasteiger partial charge >= 0.3 is 0 Å². The van der Waals surface area contributed by atoms with Gasteiger partial charge in [0, 0.05) is 18.4 Å². The molecule has 1 aliphatic carbocycles. The smallest absolute Gasteiger partial charge is 0.126 e. The lowest BCUT2D eigenvalue weighted by molar-refractivity contribution is 0.553. The third kappa shape index (κ3) is 1.27. The summed E-state index contributed by atoms with van der Waals surface area (Å²) in [4.78, 5) is 4.46. The summed E-state index contributed by atoms with van der Waals surface area (Å²) in [5.74, 6) is 1.26. The second kappa shape index (κ2) is 2.84. The van der Waals surface area contributed by atoms with E-state index in [9.17, 15) is 0 Å². The fourth-order valence-electron chi connectivity index (χ4n) is 2.16. The average molecular weight is 177 g/mol. The van der Waals surface area contributed by atoms with Crippen molar-refractivity contribution in [2.45, 2.75) is 37.8 Å². The number of nitrogens with zero attached hydrogens (tertiary/aromatic N) is 2. The zero-order chi connectivity index (χ0) is 8.67. The molecule has 70 valence electrons. The minimum absolute atomic E-state index is 0.524. The molecule has 0 spiro atoms. The van der Waals surface area contributed by atoms with Gasteiger partial charge in [0.1, 0.15) is 5.82 Å². The van der Waals surface area contributed by atoms with Crippen LogP contribution in [-0.2, 0) is 0 Å². The van der Waals surface area contributed by atoms with Crippen molar-refractivity contribution < 1.29 is 0 Å². The highest BCUT2D eigenvalue weighted by Gasteiger charge is 2.29. The lowest BCUT2D eigenvalue weighted by atomic mass is 10.2. The summed E-state index contributed by atoms with van der Waals surface area (Å²) in [6.45, 7) is 1.15. The van der Waals surface area contributed by atoms with Crippen LogP contribution in [0.15, 0.2) is 12.4 Å². The van der Waals surface area contributed by atoms with Gasteiger partial charge in [-0.3, -0.25) is 0 Å². The summed E-state index contributed by atoms with van der Waals surface area (Å²) in [6.07, 6.45) is 9.30. The van der Waals surface area contributed by atoms with E-state index >= 15 is 0 Å². The van der Waals surface area contributed by atoms with Crippen LogP contribution in [0.5, 0.6) is 0 Å². The van der Waals surface area contributed by atoms with Gasteiger partial charge in [0.05, 0.1) is 6.04 Å². The fourth-order valence-corrected chi connectivity index (χ4v) is 2.16. The first-order valence-corrected chi connectivity index (χ1v) is 5.21. The van der Waals surface area contributed by atoms with Crippen LogP contribution in [0, 0.1) is 0 Å². The van der Waals surface area contributed by atoms with E-state index < -0.39 is 0 Å². The van der Waals surface area contributed by atoms with Crippen LogP contribution >= 0.6 is 0 Å². The Morgan fingerprint density at radius 1 is 1.38 bits per heavy atom. The summed E-state index contributed by atoms with van der Waals surface area (Å²) in [5, 5.41) is 3.50. The van der Waals surface area contributed by atoms with Crippen molar-refractivity contribution in [1.82, 2.24) is 14.9 Å². The molecule has 3 heteroatoms. The van der Waals surface area contributed by atoms with Crippen molar-refractivity contribution in [3.63, 3.8) is 0 Å². The molecule has 1 N–H and O–H groups in total. The van der Waals surface area contributed by atoms with E-state index in [2.05, 4.69) is 21.1 Å². The third-order valence-corrected chi connectivity index (χ3v) is 3.01. The molecule has 1 atom stereocenters. The average Bonchev–Trinajstić information content (AvgIpc) is 2.72. The number of rotatable bonds is 2. The Balaban J connectivity index is 1.88. The summed E-state index contributed by atoms with van der Waals surface area (Å²) < 4.78 is 2.36. The lowest BCUT2D eigenvalue weighted by Crippen LogP contribution is -2.17. The largest absolute Gasteiger partial charge is 0.331 e. The van der Waals surface area contributed by atoms with Gasteiger partial charge in [0.2, 0.25) is 0 Å². The minimum Gasteiger partial charge on any atom is -0.331 e. The molecule has 13 heavy (non-hydrogen) atoms. The highest BCUT2D eigenvalue weighted by atomic mass is 15.2. The van der Waals surface area contributed by atoms with Crippen molar-refractivity contribution in [1.29, 1.82) is 0 Å². The second-order valence-electron chi connectivity index (χ2n) is 4.07. The molecule has 3 nitrogen and oxygen atoms in total. The molecule has 3 rings (SSSR count). The standard InChI is InChI=1S/C10H15N3/c1-2-9(11-5-1)10-12-6-7-13(10)8-3-4-8/h6-9,11H,1-5H2. The minimum atomic E-state index is 0.524. The Morgan fingerprint density at radius 2 is 2.31 bits per heavy atom. The van der Waals surface area contributed by atoms with Crippen LogP contribution in [0.25, 0.3) is 0 Å². The first-order valence-electron chi connectivity index (χ1n) is 5.21. The van der Waals surface area contributed by atoms with Crippen LogP contribution < -0.4 is 5.32 Å². The molecular formula is C10H15N3. The SMILES string of the molecule is c1cn(C2CC2)c(C2CCCN2)n1. The number of imidazole rings is 1. The van der Waals surface area contributed by atoms with Crippen molar-refractivity contribution in [3.8, 4) is 0 Å². The quantitative estimate of drug-likeness (QED) is 0.744. The van der Waals surface area contributed by atoms with Crippen molar-refractivity contribution in [2.75, 3.05) is 6.54 Å². The highest BCUT2D eigenvalue weighted by Crippen LogP contribution is 2.37. The molecule has 1 unspecified atom stereocenters. The van der Waals surface area contributed by atoms with Crippen LogP contribution in [0.1, 0.15) is 43.6 Å². The normalized spacial score (nSPS) is 28.2. The summed E-state index contributed by atoms with van der Waals surface area (Å²) in [5.41, 5.74) is 0. The van der Waals surface area contributed by atoms with Gasteiger partial charge < -0.3 is 9.88 Å². The summed E-state index contributed by atoms with van der Waals surface area (Å²) in [7, 11) is 0. The van der Waals surface area contributed by atoms with Crippen LogP contribution in [0.2, 0.25) is 0 Å². The van der Waals surface area contributed by atoms with Gasteiger partial charge in [-0.15, -0.1) is 0 Å². The van der Waals surface area contributed by atoms with Gasteiger partial charge in [-0.25, -0.2) is 4.98 Å². The first-order chi connectivity index (χ1) is 6.45. The summed E-state index contributed by atoms with van der Waals surface area (Å²) in [6, 6.07) is 1.29. The van der Waals surface area contributed by atoms with Gasteiger partial charge in [-0.1, -0.05) is 0 Å². The lowest BCUT2D eigenvalue weighted by Gasteiger charge is -2.12. The maximum Gasteiger partial charge on any atom is 0.126 e. The Hall–Kier alpha value is -0.830. The third-order valence-electron chi connectivity index (χ3n) is 3.01. The van der Waals surface area contributed by atoms with Crippen molar-refractivity contribution in [3.05, 3.63) is 18.2 Å². The van der Waals surface area contributed by atoms with Crippen LogP contribution in [0.4, 0.5) is 0 Å². The molecule has 2 heterocycles. The number of hydrogen-bond donors (Lipinski definition) is 1. The van der Waals surface area contributed by atoms with E-state index in [1.165, 1.54) is 31.5 Å². The number of hydrogen-bond acceptors (Lipinski definition) is 2. The van der Waals surface area contributed by atoms with E-state index in [1.54, 1.807) is 0 Å². The fraction of sp³-hybridized carbons (Fsp3) is 0.700. The second-order valence-corrected chi connectivity index (χ2v) is 4.07. The molecule has 0 radical (unpaired) electrons. The maximum absolute atomic E-state index is 4.46. The monoisotopic (exact) mass is 177 g/mol. The van der Waals surface area contributed by atoms with E-state index in [0.29, 0.717) is 6.04 Å². The van der Waals surface area contributed by atoms with Crippen LogP contribution in [-0.4, -0.2) is 16.1 Å². The molecule has 1 aromatic heterocycles. The number of aromatic nitrogens is 2. The molecule has 0 bridgehead atoms. The van der Waals surface area contributed by atoms with E-state index in [0.717, 1.165) is 12.6 Å². The van der Waals surface area contributed by atoms with Crippen molar-refractivity contribution in [2.24, 2.45) is 0 Å². The Morgan fingerprint density at radius 3 is 3.00 bits per heavy atom. The molecular weight excluding hydrogens is 162 g/mol. The van der Waals surface area contributed by atoms with Crippen LogP contribution in [0.3, 0.4) is 0 Å². The van der Waals surface area contributed by atoms with Gasteiger partial charge in [-0.05, 0) is 32.2 Å². The van der Waals surface area contributed by atoms with Crippen molar-refractivity contribution >= 4 is 0 Å². The Labute approximate surface area is 78.2 Å². The summed E-state index contributed by atoms with van der Waals surface area (Å²) >= 11 is 0. The molecule has 1 aromatic rings. The van der Waals surface area contributed by atoms with E-state index in [1.807, 2.05) is 6.20 Å². The Bertz CT molecular complexity index is 295. The number of nitrogens with one attached hydrogen (secondary N) is 1. The van der Waals surface area contributed by atoms with Gasteiger partial charge in [0.25, 0.3) is 0 Å². The predicted molar refractivity (Wildman–Crippen MR) is 50.5 cm³/mol. The zero-order valence-electron chi connectivity index (χ0n) is 7.74. The molecule has 0 aromatic carbocycles. The van der Waals surface area contributed by atoms with E-state index in [4.69, 9.17) is 0 Å². The maximum atomic E-state index is 4.46. The topological polar surface area (TPSA) is 29.9 Å². The zero-order valence-corrected chi connectivity index (χ0v) is 7.74. The molecule has 1 aliphatic heterocycles. The molecule has 2 fully saturated rings. The van der Waals surface area contributed by atoms with E-state index in [-0.39, 0.29) is 0 Å².